The lowest BCUT2D eigenvalue weighted by Crippen LogP contribution is -2.21. The Morgan fingerprint density at radius 3 is 2.92 bits per heavy atom. The van der Waals surface area contributed by atoms with Gasteiger partial charge in [0.2, 0.25) is 0 Å². The van der Waals surface area contributed by atoms with Crippen LogP contribution in [0.15, 0.2) is 18.2 Å². The Kier molecular flexibility index (Phi) is 3.01. The zero-order valence-electron chi connectivity index (χ0n) is 6.80. The molecule has 0 aliphatic rings. The lowest BCUT2D eigenvalue weighted by Gasteiger charge is -2.07. The van der Waals surface area contributed by atoms with E-state index < -0.39 is 0 Å². The molecule has 0 amide bonds. The summed E-state index contributed by atoms with van der Waals surface area (Å²) >= 11 is 0. The van der Waals surface area contributed by atoms with Crippen molar-refractivity contribution in [3.63, 3.8) is 0 Å². The van der Waals surface area contributed by atoms with E-state index in [9.17, 15) is 4.39 Å². The van der Waals surface area contributed by atoms with Gasteiger partial charge in [-0.25, -0.2) is 4.39 Å². The minimum Gasteiger partial charge on any atom is -0.493 e. The first-order valence-electron chi connectivity index (χ1n) is 3.54. The third-order valence-corrected chi connectivity index (χ3v) is 1.55. The maximum atomic E-state index is 13.0. The van der Waals surface area contributed by atoms with Crippen molar-refractivity contribution >= 4 is 0 Å². The molecule has 0 fully saturated rings. The van der Waals surface area contributed by atoms with E-state index in [1.54, 1.807) is 12.1 Å². The average Bonchev–Trinajstić information content (AvgIpc) is 2.05. The molecular weight excluding hydrogens is 159 g/mol. The Morgan fingerprint density at radius 2 is 2.33 bits per heavy atom. The number of nitrogens with one attached hydrogen (secondary N) is 1. The van der Waals surface area contributed by atoms with Crippen molar-refractivity contribution in [1.82, 2.24) is 5.43 Å². The minimum absolute atomic E-state index is 0.246. The van der Waals surface area contributed by atoms with Crippen LogP contribution < -0.4 is 16.0 Å². The number of para-hydroxylation sites is 1. The molecule has 0 atom stereocenters. The van der Waals surface area contributed by atoms with Gasteiger partial charge in [0.15, 0.2) is 11.6 Å². The van der Waals surface area contributed by atoms with Gasteiger partial charge in [0, 0.05) is 12.1 Å². The van der Waals surface area contributed by atoms with Gasteiger partial charge in [0.1, 0.15) is 0 Å². The van der Waals surface area contributed by atoms with E-state index in [2.05, 4.69) is 5.43 Å². The quantitative estimate of drug-likeness (QED) is 0.521. The molecular formula is C8H11FN2O. The summed E-state index contributed by atoms with van der Waals surface area (Å²) in [5, 5.41) is 0. The van der Waals surface area contributed by atoms with Gasteiger partial charge in [-0.3, -0.25) is 11.3 Å². The fraction of sp³-hybridized carbons (Fsp3) is 0.250. The van der Waals surface area contributed by atoms with Crippen LogP contribution in [0, 0.1) is 5.82 Å². The first-order chi connectivity index (χ1) is 5.79. The number of halogens is 1. The second-order valence-electron chi connectivity index (χ2n) is 2.31. The highest BCUT2D eigenvalue weighted by Crippen LogP contribution is 2.21. The molecule has 0 heterocycles. The fourth-order valence-electron chi connectivity index (χ4n) is 1.03. The van der Waals surface area contributed by atoms with Crippen LogP contribution in [0.3, 0.4) is 0 Å². The van der Waals surface area contributed by atoms with Crippen LogP contribution in [-0.4, -0.2) is 7.11 Å². The van der Waals surface area contributed by atoms with Gasteiger partial charge < -0.3 is 4.74 Å². The monoisotopic (exact) mass is 170 g/mol. The van der Waals surface area contributed by atoms with E-state index in [1.807, 2.05) is 0 Å². The summed E-state index contributed by atoms with van der Waals surface area (Å²) < 4.78 is 17.8. The molecule has 66 valence electrons. The van der Waals surface area contributed by atoms with Crippen LogP contribution in [0.4, 0.5) is 4.39 Å². The molecule has 4 heteroatoms. The largest absolute Gasteiger partial charge is 0.493 e. The second-order valence-corrected chi connectivity index (χ2v) is 2.31. The molecule has 3 N–H and O–H groups in total. The number of ether oxygens (including phenoxy) is 1. The molecule has 1 aromatic carbocycles. The van der Waals surface area contributed by atoms with Crippen LogP contribution in [0.1, 0.15) is 5.56 Å². The van der Waals surface area contributed by atoms with Gasteiger partial charge in [0.05, 0.1) is 7.11 Å². The molecule has 0 aromatic heterocycles. The van der Waals surface area contributed by atoms with Crippen LogP contribution in [-0.2, 0) is 6.54 Å². The fourth-order valence-corrected chi connectivity index (χ4v) is 1.03. The number of hydrazine groups is 1. The standard InChI is InChI=1S/C8H11FN2O/c1-12-8-6(5-11-10)3-2-4-7(8)9/h2-4,11H,5,10H2,1H3. The zero-order chi connectivity index (χ0) is 8.97. The van der Waals surface area contributed by atoms with Crippen molar-refractivity contribution in [2.75, 3.05) is 7.11 Å². The molecule has 3 nitrogen and oxygen atoms in total. The molecule has 0 spiro atoms. The predicted molar refractivity (Wildman–Crippen MR) is 44.0 cm³/mol. The molecule has 0 saturated carbocycles. The first kappa shape index (κ1) is 8.96. The first-order valence-corrected chi connectivity index (χ1v) is 3.54. The molecule has 12 heavy (non-hydrogen) atoms. The summed E-state index contributed by atoms with van der Waals surface area (Å²) in [6.45, 7) is 0.390. The van der Waals surface area contributed by atoms with Crippen molar-refractivity contribution in [2.45, 2.75) is 6.54 Å². The molecule has 0 radical (unpaired) electrons. The molecule has 0 unspecified atom stereocenters. The number of benzene rings is 1. The summed E-state index contributed by atoms with van der Waals surface area (Å²) in [4.78, 5) is 0. The zero-order valence-corrected chi connectivity index (χ0v) is 6.80. The lowest BCUT2D eigenvalue weighted by molar-refractivity contribution is 0.380. The Hall–Kier alpha value is -1.13. The van der Waals surface area contributed by atoms with Gasteiger partial charge in [-0.2, -0.15) is 0 Å². The second kappa shape index (κ2) is 4.04. The summed E-state index contributed by atoms with van der Waals surface area (Å²) in [7, 11) is 1.43. The van der Waals surface area contributed by atoms with Crippen molar-refractivity contribution in [2.24, 2.45) is 5.84 Å². The molecule has 0 bridgehead atoms. The third-order valence-electron chi connectivity index (χ3n) is 1.55. The van der Waals surface area contributed by atoms with E-state index >= 15 is 0 Å². The van der Waals surface area contributed by atoms with Crippen molar-refractivity contribution in [3.05, 3.63) is 29.6 Å². The highest BCUT2D eigenvalue weighted by Gasteiger charge is 2.06. The Labute approximate surface area is 70.3 Å². The smallest absolute Gasteiger partial charge is 0.165 e. The highest BCUT2D eigenvalue weighted by atomic mass is 19.1. The third kappa shape index (κ3) is 1.72. The van der Waals surface area contributed by atoms with Crippen molar-refractivity contribution < 1.29 is 9.13 Å². The number of hydrogen-bond acceptors (Lipinski definition) is 3. The van der Waals surface area contributed by atoms with Crippen LogP contribution in [0.5, 0.6) is 5.75 Å². The van der Waals surface area contributed by atoms with Crippen molar-refractivity contribution in [3.8, 4) is 5.75 Å². The lowest BCUT2D eigenvalue weighted by atomic mass is 10.2. The van der Waals surface area contributed by atoms with E-state index in [1.165, 1.54) is 13.2 Å². The predicted octanol–water partition coefficient (Wildman–Crippen LogP) is 0.798. The maximum absolute atomic E-state index is 13.0. The summed E-state index contributed by atoms with van der Waals surface area (Å²) in [6, 6.07) is 4.71. The summed E-state index contributed by atoms with van der Waals surface area (Å²) in [6.07, 6.45) is 0. The van der Waals surface area contributed by atoms with E-state index in [0.29, 0.717) is 12.1 Å². The van der Waals surface area contributed by atoms with Gasteiger partial charge in [-0.05, 0) is 6.07 Å². The normalized spacial score (nSPS) is 9.92. The maximum Gasteiger partial charge on any atom is 0.165 e. The van der Waals surface area contributed by atoms with E-state index in [-0.39, 0.29) is 11.6 Å². The van der Waals surface area contributed by atoms with Gasteiger partial charge in [-0.1, -0.05) is 12.1 Å². The number of methoxy groups -OCH3 is 1. The molecule has 1 aromatic rings. The minimum atomic E-state index is -0.370. The van der Waals surface area contributed by atoms with Gasteiger partial charge >= 0.3 is 0 Å². The SMILES string of the molecule is COc1c(F)cccc1CNN. The topological polar surface area (TPSA) is 47.3 Å². The molecule has 0 saturated heterocycles. The van der Waals surface area contributed by atoms with E-state index in [0.717, 1.165) is 0 Å². The van der Waals surface area contributed by atoms with Crippen molar-refractivity contribution in [1.29, 1.82) is 0 Å². The Morgan fingerprint density at radius 1 is 1.58 bits per heavy atom. The Bertz CT molecular complexity index is 265. The number of rotatable bonds is 3. The molecule has 0 aliphatic heterocycles. The molecule has 0 aliphatic carbocycles. The summed E-state index contributed by atoms with van der Waals surface area (Å²) in [5.74, 6) is 4.98. The summed E-state index contributed by atoms with van der Waals surface area (Å²) in [5.41, 5.74) is 3.15. The van der Waals surface area contributed by atoms with Gasteiger partial charge in [0.25, 0.3) is 0 Å². The van der Waals surface area contributed by atoms with Gasteiger partial charge in [-0.15, -0.1) is 0 Å². The Balaban J connectivity index is 3.00. The van der Waals surface area contributed by atoms with Crippen LogP contribution in [0.2, 0.25) is 0 Å². The number of nitrogens with two attached hydrogens (primary N) is 1. The van der Waals surface area contributed by atoms with Crippen LogP contribution >= 0.6 is 0 Å². The highest BCUT2D eigenvalue weighted by molar-refractivity contribution is 5.34. The molecule has 1 rings (SSSR count). The van der Waals surface area contributed by atoms with Crippen LogP contribution in [0.25, 0.3) is 0 Å². The van der Waals surface area contributed by atoms with E-state index in [4.69, 9.17) is 10.6 Å². The number of hydrogen-bond donors (Lipinski definition) is 2. The average molecular weight is 170 g/mol.